The molecule has 7 heteroatoms. The molecule has 2 N–H and O–H groups in total. The first-order valence-electron chi connectivity index (χ1n) is 9.91. The lowest BCUT2D eigenvalue weighted by atomic mass is 10.1. The molecule has 7 nitrogen and oxygen atoms in total. The van der Waals surface area contributed by atoms with Crippen LogP contribution in [0.1, 0.15) is 19.4 Å². The highest BCUT2D eigenvalue weighted by atomic mass is 16.5. The number of methoxy groups -OCH3 is 1. The smallest absolute Gasteiger partial charge is 0.244 e. The Morgan fingerprint density at radius 1 is 1.00 bits per heavy atom. The lowest BCUT2D eigenvalue weighted by Gasteiger charge is -2.21. The third-order valence-electron chi connectivity index (χ3n) is 4.70. The van der Waals surface area contributed by atoms with Gasteiger partial charge >= 0.3 is 0 Å². The predicted molar refractivity (Wildman–Crippen MR) is 118 cm³/mol. The topological polar surface area (TPSA) is 75.2 Å². The number of aromatic nitrogens is 3. The molecule has 2 aromatic carbocycles. The third-order valence-corrected chi connectivity index (χ3v) is 4.70. The highest BCUT2D eigenvalue weighted by molar-refractivity contribution is 5.60. The van der Waals surface area contributed by atoms with Crippen LogP contribution in [0.15, 0.2) is 54.7 Å². The Morgan fingerprint density at radius 3 is 2.48 bits per heavy atom. The van der Waals surface area contributed by atoms with Crippen molar-refractivity contribution >= 4 is 23.1 Å². The maximum atomic E-state index is 5.39. The van der Waals surface area contributed by atoms with Gasteiger partial charge in [-0.25, -0.2) is 0 Å². The third kappa shape index (κ3) is 5.57. The summed E-state index contributed by atoms with van der Waals surface area (Å²) in [5.41, 5.74) is 3.31. The monoisotopic (exact) mass is 392 g/mol. The molecule has 3 aromatic rings. The van der Waals surface area contributed by atoms with Crippen molar-refractivity contribution in [2.24, 2.45) is 0 Å². The minimum Gasteiger partial charge on any atom is -0.496 e. The van der Waals surface area contributed by atoms with Gasteiger partial charge in [0.05, 0.1) is 13.3 Å². The van der Waals surface area contributed by atoms with Crippen LogP contribution < -0.4 is 20.3 Å². The second-order valence-corrected chi connectivity index (χ2v) is 6.50. The normalized spacial score (nSPS) is 10.4. The summed E-state index contributed by atoms with van der Waals surface area (Å²) in [5.74, 6) is 2.02. The van der Waals surface area contributed by atoms with E-state index in [1.54, 1.807) is 13.3 Å². The summed E-state index contributed by atoms with van der Waals surface area (Å²) in [6, 6.07) is 16.3. The van der Waals surface area contributed by atoms with Gasteiger partial charge in [0.15, 0.2) is 5.82 Å². The number of hydrogen-bond donors (Lipinski definition) is 2. The van der Waals surface area contributed by atoms with Crippen molar-refractivity contribution in [1.82, 2.24) is 15.2 Å². The Labute approximate surface area is 172 Å². The largest absolute Gasteiger partial charge is 0.496 e. The van der Waals surface area contributed by atoms with Gasteiger partial charge in [0.2, 0.25) is 5.95 Å². The molecular formula is C22H28N6O. The Hall–Kier alpha value is -3.35. The Kier molecular flexibility index (Phi) is 7.22. The molecule has 0 aliphatic rings. The molecule has 0 aliphatic carbocycles. The van der Waals surface area contributed by atoms with E-state index in [0.717, 1.165) is 36.5 Å². The number of rotatable bonds is 10. The van der Waals surface area contributed by atoms with Crippen molar-refractivity contribution < 1.29 is 4.74 Å². The highest BCUT2D eigenvalue weighted by Gasteiger charge is 2.05. The molecule has 1 aromatic heterocycles. The number of nitrogens with one attached hydrogen (secondary N) is 2. The molecule has 152 valence electrons. The summed E-state index contributed by atoms with van der Waals surface area (Å²) in [4.78, 5) is 6.80. The minimum atomic E-state index is 0.490. The van der Waals surface area contributed by atoms with Crippen molar-refractivity contribution in [2.75, 3.05) is 42.3 Å². The van der Waals surface area contributed by atoms with Crippen LogP contribution in [0.2, 0.25) is 0 Å². The molecule has 0 bridgehead atoms. The number of ether oxygens (including phenoxy) is 1. The number of nitrogens with zero attached hydrogens (tertiary/aromatic N) is 4. The SMILES string of the molecule is CCN(CC)c1ccc(Nc2cnnc(NCCc3ccccc3OC)n2)cc1. The molecule has 0 saturated heterocycles. The molecule has 0 saturated carbocycles. The van der Waals surface area contributed by atoms with Crippen LogP contribution in [0.3, 0.4) is 0 Å². The average Bonchev–Trinajstić information content (AvgIpc) is 2.76. The van der Waals surface area contributed by atoms with Gasteiger partial charge < -0.3 is 20.3 Å². The van der Waals surface area contributed by atoms with E-state index >= 15 is 0 Å². The summed E-state index contributed by atoms with van der Waals surface area (Å²) in [6.45, 7) is 6.98. The molecule has 0 radical (unpaired) electrons. The second kappa shape index (κ2) is 10.3. The molecule has 0 atom stereocenters. The maximum absolute atomic E-state index is 5.39. The Morgan fingerprint density at radius 2 is 1.76 bits per heavy atom. The van der Waals surface area contributed by atoms with Gasteiger partial charge in [-0.1, -0.05) is 18.2 Å². The first kappa shape index (κ1) is 20.4. The minimum absolute atomic E-state index is 0.490. The molecular weight excluding hydrogens is 364 g/mol. The lowest BCUT2D eigenvalue weighted by molar-refractivity contribution is 0.410. The highest BCUT2D eigenvalue weighted by Crippen LogP contribution is 2.21. The van der Waals surface area contributed by atoms with Crippen LogP contribution in [-0.4, -0.2) is 41.9 Å². The standard InChI is InChI=1S/C22H28N6O/c1-4-28(5-2)19-12-10-18(11-13-19)25-21-16-24-27-22(26-21)23-15-14-17-8-6-7-9-20(17)29-3/h6-13,16H,4-5,14-15H2,1-3H3,(H2,23,25,26,27). The second-order valence-electron chi connectivity index (χ2n) is 6.50. The fraction of sp³-hybridized carbons (Fsp3) is 0.318. The van der Waals surface area contributed by atoms with E-state index in [4.69, 9.17) is 4.74 Å². The predicted octanol–water partition coefficient (Wildman–Crippen LogP) is 4.12. The Bertz CT molecular complexity index is 896. The molecule has 29 heavy (non-hydrogen) atoms. The van der Waals surface area contributed by atoms with E-state index in [1.807, 2.05) is 30.3 Å². The van der Waals surface area contributed by atoms with E-state index in [1.165, 1.54) is 5.69 Å². The van der Waals surface area contributed by atoms with Gasteiger partial charge in [-0.3, -0.25) is 0 Å². The first-order valence-corrected chi connectivity index (χ1v) is 9.91. The quantitative estimate of drug-likeness (QED) is 0.537. The molecule has 0 unspecified atom stereocenters. The van der Waals surface area contributed by atoms with E-state index in [9.17, 15) is 0 Å². The first-order chi connectivity index (χ1) is 14.2. The maximum Gasteiger partial charge on any atom is 0.244 e. The number of hydrogen-bond acceptors (Lipinski definition) is 7. The summed E-state index contributed by atoms with van der Waals surface area (Å²) in [5, 5.41) is 14.6. The van der Waals surface area contributed by atoms with Crippen LogP contribution >= 0.6 is 0 Å². The molecule has 0 amide bonds. The average molecular weight is 393 g/mol. The van der Waals surface area contributed by atoms with Crippen molar-refractivity contribution in [2.45, 2.75) is 20.3 Å². The summed E-state index contributed by atoms with van der Waals surface area (Å²) in [6.07, 6.45) is 2.42. The molecule has 3 rings (SSSR count). The van der Waals surface area contributed by atoms with Crippen LogP contribution in [0.25, 0.3) is 0 Å². The summed E-state index contributed by atoms with van der Waals surface area (Å²) < 4.78 is 5.39. The van der Waals surface area contributed by atoms with Crippen LogP contribution in [0, 0.1) is 0 Å². The van der Waals surface area contributed by atoms with Crippen LogP contribution in [0.5, 0.6) is 5.75 Å². The number of para-hydroxylation sites is 1. The van der Waals surface area contributed by atoms with E-state index in [-0.39, 0.29) is 0 Å². The fourth-order valence-corrected chi connectivity index (χ4v) is 3.15. The van der Waals surface area contributed by atoms with Crippen molar-refractivity contribution in [3.05, 3.63) is 60.3 Å². The van der Waals surface area contributed by atoms with Gasteiger partial charge in [-0.05, 0) is 56.2 Å². The summed E-state index contributed by atoms with van der Waals surface area (Å²) >= 11 is 0. The van der Waals surface area contributed by atoms with Gasteiger partial charge in [0, 0.05) is 31.0 Å². The lowest BCUT2D eigenvalue weighted by Crippen LogP contribution is -2.21. The van der Waals surface area contributed by atoms with Crippen LogP contribution in [-0.2, 0) is 6.42 Å². The van der Waals surface area contributed by atoms with Crippen molar-refractivity contribution in [1.29, 1.82) is 0 Å². The molecule has 0 fully saturated rings. The van der Waals surface area contributed by atoms with Gasteiger partial charge in [0.1, 0.15) is 5.75 Å². The number of anilines is 4. The molecule has 0 spiro atoms. The van der Waals surface area contributed by atoms with Gasteiger partial charge in [-0.2, -0.15) is 10.1 Å². The summed E-state index contributed by atoms with van der Waals surface area (Å²) in [7, 11) is 1.68. The van der Waals surface area contributed by atoms with E-state index < -0.39 is 0 Å². The van der Waals surface area contributed by atoms with Gasteiger partial charge in [-0.15, -0.1) is 5.10 Å². The number of benzene rings is 2. The molecule has 0 aliphatic heterocycles. The fourth-order valence-electron chi connectivity index (χ4n) is 3.15. The zero-order chi connectivity index (χ0) is 20.5. The zero-order valence-electron chi connectivity index (χ0n) is 17.2. The van der Waals surface area contributed by atoms with E-state index in [0.29, 0.717) is 18.3 Å². The van der Waals surface area contributed by atoms with Gasteiger partial charge in [0.25, 0.3) is 0 Å². The Balaban J connectivity index is 1.58. The van der Waals surface area contributed by atoms with Crippen molar-refractivity contribution in [3.63, 3.8) is 0 Å². The molecule has 1 heterocycles. The van der Waals surface area contributed by atoms with E-state index in [2.05, 4.69) is 62.8 Å². The zero-order valence-corrected chi connectivity index (χ0v) is 17.2. The van der Waals surface area contributed by atoms with Crippen molar-refractivity contribution in [3.8, 4) is 5.75 Å². The van der Waals surface area contributed by atoms with Crippen LogP contribution in [0.4, 0.5) is 23.1 Å².